The maximum atomic E-state index is 13.3. The van der Waals surface area contributed by atoms with E-state index in [1.807, 2.05) is 34.4 Å². The Bertz CT molecular complexity index is 484. The fraction of sp³-hybridized carbons (Fsp3) is 0.417. The highest BCUT2D eigenvalue weighted by Gasteiger charge is 2.43. The van der Waals surface area contributed by atoms with E-state index in [-0.39, 0.29) is 17.8 Å². The minimum atomic E-state index is -0.250. The summed E-state index contributed by atoms with van der Waals surface area (Å²) in [5, 5.41) is 0. The van der Waals surface area contributed by atoms with Crippen molar-refractivity contribution in [3.05, 3.63) is 32.6 Å². The van der Waals surface area contributed by atoms with Crippen molar-refractivity contribution in [3.8, 4) is 0 Å². The summed E-state index contributed by atoms with van der Waals surface area (Å²) in [4.78, 5) is 14.1. The zero-order valence-electron chi connectivity index (χ0n) is 8.84. The van der Waals surface area contributed by atoms with E-state index < -0.39 is 0 Å². The zero-order valence-corrected chi connectivity index (χ0v) is 11.0. The molecule has 2 aliphatic rings. The topological polar surface area (TPSA) is 20.3 Å². The molecule has 1 aromatic rings. The molecule has 2 nitrogen and oxygen atoms in total. The lowest BCUT2D eigenvalue weighted by Crippen LogP contribution is -2.28. The number of carbonyl (C=O) groups excluding carboxylic acids is 1. The number of carbonyl (C=O) groups is 1. The van der Waals surface area contributed by atoms with Crippen LogP contribution < -0.4 is 0 Å². The lowest BCUT2D eigenvalue weighted by molar-refractivity contribution is 0.0722. The average molecular weight is 331 g/mol. The molecule has 0 bridgehead atoms. The predicted molar refractivity (Wildman–Crippen MR) is 66.7 cm³/mol. The standard InChI is InChI=1S/C12H11FINO/c1-6-9-4-7(13)5-10(14)11(9)12(16)15(6)8-2-3-8/h4-6,8H,2-3H2,1H3. The van der Waals surface area contributed by atoms with Crippen LogP contribution in [0.15, 0.2) is 12.1 Å². The second-order valence-corrected chi connectivity index (χ2v) is 5.63. The Hall–Kier alpha value is -0.650. The summed E-state index contributed by atoms with van der Waals surface area (Å²) in [5.41, 5.74) is 1.56. The van der Waals surface area contributed by atoms with Crippen LogP contribution >= 0.6 is 22.6 Å². The molecular weight excluding hydrogens is 320 g/mol. The Labute approximate surface area is 107 Å². The van der Waals surface area contributed by atoms with Crippen molar-refractivity contribution in [1.82, 2.24) is 4.90 Å². The van der Waals surface area contributed by atoms with Gasteiger partial charge in [-0.05, 0) is 60.1 Å². The molecule has 1 aromatic carbocycles. The van der Waals surface area contributed by atoms with Gasteiger partial charge >= 0.3 is 0 Å². The quantitative estimate of drug-likeness (QED) is 0.724. The minimum absolute atomic E-state index is 0.0271. The molecule has 0 radical (unpaired) electrons. The van der Waals surface area contributed by atoms with E-state index in [9.17, 15) is 9.18 Å². The van der Waals surface area contributed by atoms with Gasteiger partial charge in [0.25, 0.3) is 5.91 Å². The summed E-state index contributed by atoms with van der Waals surface area (Å²) in [6.45, 7) is 1.98. The van der Waals surface area contributed by atoms with Gasteiger partial charge in [-0.1, -0.05) is 0 Å². The highest BCUT2D eigenvalue weighted by atomic mass is 127. The molecule has 1 fully saturated rings. The van der Waals surface area contributed by atoms with Crippen LogP contribution in [0.3, 0.4) is 0 Å². The Balaban J connectivity index is 2.14. The highest BCUT2D eigenvalue weighted by molar-refractivity contribution is 14.1. The molecule has 1 aliphatic heterocycles. The Kier molecular flexibility index (Phi) is 2.24. The van der Waals surface area contributed by atoms with Gasteiger partial charge in [-0.15, -0.1) is 0 Å². The highest BCUT2D eigenvalue weighted by Crippen LogP contribution is 2.43. The molecule has 1 saturated carbocycles. The second kappa shape index (κ2) is 3.42. The third-order valence-corrected chi connectivity index (χ3v) is 4.19. The molecule has 0 aromatic heterocycles. The number of amides is 1. The van der Waals surface area contributed by atoms with Crippen LogP contribution in [0.25, 0.3) is 0 Å². The Morgan fingerprint density at radius 2 is 2.12 bits per heavy atom. The molecule has 0 spiro atoms. The molecule has 84 valence electrons. The van der Waals surface area contributed by atoms with Crippen molar-refractivity contribution in [2.24, 2.45) is 0 Å². The van der Waals surface area contributed by atoms with E-state index in [0.29, 0.717) is 11.6 Å². The monoisotopic (exact) mass is 331 g/mol. The molecule has 3 rings (SSSR count). The second-order valence-electron chi connectivity index (χ2n) is 4.47. The van der Waals surface area contributed by atoms with E-state index in [1.54, 1.807) is 0 Å². The van der Waals surface area contributed by atoms with Gasteiger partial charge in [0.15, 0.2) is 0 Å². The summed E-state index contributed by atoms with van der Waals surface area (Å²) in [7, 11) is 0. The lowest BCUT2D eigenvalue weighted by atomic mass is 10.1. The smallest absolute Gasteiger partial charge is 0.256 e. The van der Waals surface area contributed by atoms with Gasteiger partial charge in [0.2, 0.25) is 0 Å². The maximum absolute atomic E-state index is 13.3. The number of benzene rings is 1. The number of nitrogens with zero attached hydrogens (tertiary/aromatic N) is 1. The first kappa shape index (κ1) is 10.5. The summed E-state index contributed by atoms with van der Waals surface area (Å²) in [6.07, 6.45) is 2.17. The van der Waals surface area contributed by atoms with Crippen molar-refractivity contribution in [2.45, 2.75) is 31.8 Å². The Morgan fingerprint density at radius 1 is 1.44 bits per heavy atom. The Morgan fingerprint density at radius 3 is 2.75 bits per heavy atom. The molecule has 1 aliphatic carbocycles. The van der Waals surface area contributed by atoms with Crippen LogP contribution in [0.1, 0.15) is 41.7 Å². The summed E-state index contributed by atoms with van der Waals surface area (Å²) in [6, 6.07) is 3.34. The van der Waals surface area contributed by atoms with Crippen molar-refractivity contribution < 1.29 is 9.18 Å². The van der Waals surface area contributed by atoms with Crippen LogP contribution in [0.2, 0.25) is 0 Å². The van der Waals surface area contributed by atoms with Gasteiger partial charge in [0.05, 0.1) is 11.6 Å². The number of fused-ring (bicyclic) bond motifs is 1. The van der Waals surface area contributed by atoms with Crippen molar-refractivity contribution in [1.29, 1.82) is 0 Å². The normalized spacial score (nSPS) is 23.8. The molecule has 1 unspecified atom stereocenters. The number of rotatable bonds is 1. The number of hydrogen-bond donors (Lipinski definition) is 0. The minimum Gasteiger partial charge on any atom is -0.329 e. The summed E-state index contributed by atoms with van der Waals surface area (Å²) in [5.74, 6) is -0.171. The first-order chi connectivity index (χ1) is 7.59. The van der Waals surface area contributed by atoms with Crippen LogP contribution in [0.5, 0.6) is 0 Å². The van der Waals surface area contributed by atoms with Crippen LogP contribution in [0.4, 0.5) is 4.39 Å². The van der Waals surface area contributed by atoms with Crippen molar-refractivity contribution in [3.63, 3.8) is 0 Å². The van der Waals surface area contributed by atoms with E-state index in [0.717, 1.165) is 22.0 Å². The zero-order chi connectivity index (χ0) is 11.4. The van der Waals surface area contributed by atoms with Crippen molar-refractivity contribution >= 4 is 28.5 Å². The van der Waals surface area contributed by atoms with Gasteiger partial charge < -0.3 is 4.90 Å². The van der Waals surface area contributed by atoms with Crippen LogP contribution in [-0.2, 0) is 0 Å². The number of hydrogen-bond acceptors (Lipinski definition) is 1. The molecular formula is C12H11FINO. The van der Waals surface area contributed by atoms with Gasteiger partial charge in [0.1, 0.15) is 5.82 Å². The molecule has 1 atom stereocenters. The van der Waals surface area contributed by atoms with E-state index in [2.05, 4.69) is 0 Å². The van der Waals surface area contributed by atoms with E-state index >= 15 is 0 Å². The molecule has 0 saturated heterocycles. The predicted octanol–water partition coefficient (Wildman–Crippen LogP) is 3.11. The van der Waals surface area contributed by atoms with Gasteiger partial charge in [-0.2, -0.15) is 0 Å². The van der Waals surface area contributed by atoms with E-state index in [1.165, 1.54) is 12.1 Å². The van der Waals surface area contributed by atoms with Crippen LogP contribution in [0, 0.1) is 9.39 Å². The third kappa shape index (κ3) is 1.38. The summed E-state index contributed by atoms with van der Waals surface area (Å²) >= 11 is 2.04. The lowest BCUT2D eigenvalue weighted by Gasteiger charge is -2.21. The fourth-order valence-electron chi connectivity index (χ4n) is 2.44. The first-order valence-corrected chi connectivity index (χ1v) is 6.49. The first-order valence-electron chi connectivity index (χ1n) is 5.41. The summed E-state index contributed by atoms with van der Waals surface area (Å²) < 4.78 is 14.1. The molecule has 0 N–H and O–H groups in total. The molecule has 16 heavy (non-hydrogen) atoms. The third-order valence-electron chi connectivity index (χ3n) is 3.34. The SMILES string of the molecule is CC1c2cc(F)cc(I)c2C(=O)N1C1CC1. The molecule has 4 heteroatoms. The molecule has 1 heterocycles. The average Bonchev–Trinajstić information content (AvgIpc) is 2.97. The maximum Gasteiger partial charge on any atom is 0.256 e. The van der Waals surface area contributed by atoms with Gasteiger partial charge in [-0.25, -0.2) is 4.39 Å². The van der Waals surface area contributed by atoms with Gasteiger partial charge in [-0.3, -0.25) is 4.79 Å². The van der Waals surface area contributed by atoms with E-state index in [4.69, 9.17) is 0 Å². The number of halogens is 2. The largest absolute Gasteiger partial charge is 0.329 e. The molecule has 1 amide bonds. The van der Waals surface area contributed by atoms with Crippen molar-refractivity contribution in [2.75, 3.05) is 0 Å². The van der Waals surface area contributed by atoms with Gasteiger partial charge in [0, 0.05) is 9.61 Å². The van der Waals surface area contributed by atoms with Crippen LogP contribution in [-0.4, -0.2) is 16.8 Å². The fourth-order valence-corrected chi connectivity index (χ4v) is 3.28.